The molecule has 0 amide bonds. The molecule has 0 aliphatic carbocycles. The van der Waals surface area contributed by atoms with Crippen LogP contribution in [0.4, 0.5) is 5.69 Å². The quantitative estimate of drug-likeness (QED) is 0.722. The molecule has 0 bridgehead atoms. The molecular weight excluding hydrogens is 234 g/mol. The number of allylic oxidation sites excluding steroid dienone is 3. The van der Waals surface area contributed by atoms with Gasteiger partial charge in [-0.25, -0.2) is 10.9 Å². The van der Waals surface area contributed by atoms with E-state index >= 15 is 0 Å². The van der Waals surface area contributed by atoms with Gasteiger partial charge in [0.15, 0.2) is 0 Å². The third-order valence-electron chi connectivity index (χ3n) is 3.99. The summed E-state index contributed by atoms with van der Waals surface area (Å²) >= 11 is 0. The molecule has 3 nitrogen and oxygen atoms in total. The lowest BCUT2D eigenvalue weighted by atomic mass is 9.85. The number of benzene rings is 1. The number of aryl methyl sites for hydroxylation is 1. The SMILES string of the molecule is CC1(C)CNc2ccc(CCC3=CC=C[NH2+]N3)cc21. The maximum Gasteiger partial charge on any atom is 0.117 e. The molecule has 0 saturated heterocycles. The van der Waals surface area contributed by atoms with Crippen molar-refractivity contribution in [1.82, 2.24) is 5.43 Å². The van der Waals surface area contributed by atoms with E-state index in [1.807, 2.05) is 11.6 Å². The van der Waals surface area contributed by atoms with Crippen molar-refractivity contribution in [2.24, 2.45) is 0 Å². The van der Waals surface area contributed by atoms with Gasteiger partial charge in [-0.2, -0.15) is 0 Å². The first kappa shape index (κ1) is 12.3. The molecule has 0 radical (unpaired) electrons. The van der Waals surface area contributed by atoms with Crippen LogP contribution >= 0.6 is 0 Å². The van der Waals surface area contributed by atoms with Crippen LogP contribution in [0, 0.1) is 0 Å². The molecule has 2 heterocycles. The van der Waals surface area contributed by atoms with Gasteiger partial charge in [-0.3, -0.25) is 0 Å². The molecule has 0 saturated carbocycles. The van der Waals surface area contributed by atoms with Crippen molar-refractivity contribution in [1.29, 1.82) is 0 Å². The van der Waals surface area contributed by atoms with E-state index < -0.39 is 0 Å². The minimum Gasteiger partial charge on any atom is -0.384 e. The minimum absolute atomic E-state index is 0.254. The normalized spacial score (nSPS) is 19.4. The van der Waals surface area contributed by atoms with Gasteiger partial charge in [0.2, 0.25) is 0 Å². The van der Waals surface area contributed by atoms with Crippen LogP contribution in [-0.4, -0.2) is 6.54 Å². The zero-order chi connectivity index (χ0) is 13.3. The lowest BCUT2D eigenvalue weighted by molar-refractivity contribution is -0.643. The van der Waals surface area contributed by atoms with Crippen LogP contribution in [0.1, 0.15) is 31.4 Å². The molecule has 3 heteroatoms. The summed E-state index contributed by atoms with van der Waals surface area (Å²) in [5, 5.41) is 3.49. The zero-order valence-electron chi connectivity index (χ0n) is 11.7. The molecule has 0 atom stereocenters. The molecule has 0 fully saturated rings. The molecular formula is C16H22N3+. The monoisotopic (exact) mass is 256 g/mol. The fraction of sp³-hybridized carbons (Fsp3) is 0.375. The fourth-order valence-corrected chi connectivity index (χ4v) is 2.74. The van der Waals surface area contributed by atoms with Crippen molar-refractivity contribution in [2.45, 2.75) is 32.1 Å². The number of nitrogens with one attached hydrogen (secondary N) is 2. The Morgan fingerprint density at radius 3 is 2.95 bits per heavy atom. The number of fused-ring (bicyclic) bond motifs is 1. The lowest BCUT2D eigenvalue weighted by Crippen LogP contribution is -2.88. The van der Waals surface area contributed by atoms with Gasteiger partial charge in [-0.05, 0) is 42.2 Å². The van der Waals surface area contributed by atoms with Crippen LogP contribution in [0.3, 0.4) is 0 Å². The van der Waals surface area contributed by atoms with Crippen molar-refractivity contribution >= 4 is 5.69 Å². The maximum absolute atomic E-state index is 3.49. The average molecular weight is 256 g/mol. The van der Waals surface area contributed by atoms with Crippen molar-refractivity contribution in [3.8, 4) is 0 Å². The highest BCUT2D eigenvalue weighted by molar-refractivity contribution is 5.60. The third kappa shape index (κ3) is 2.51. The number of hydrogen-bond acceptors (Lipinski definition) is 2. The summed E-state index contributed by atoms with van der Waals surface area (Å²) in [6.45, 7) is 5.65. The summed E-state index contributed by atoms with van der Waals surface area (Å²) in [6, 6.07) is 6.85. The summed E-state index contributed by atoms with van der Waals surface area (Å²) in [6.07, 6.45) is 8.41. The first-order chi connectivity index (χ1) is 9.15. The summed E-state index contributed by atoms with van der Waals surface area (Å²) in [4.78, 5) is 0. The van der Waals surface area contributed by atoms with E-state index in [0.29, 0.717) is 0 Å². The Balaban J connectivity index is 1.73. The van der Waals surface area contributed by atoms with E-state index in [0.717, 1.165) is 19.4 Å². The third-order valence-corrected chi connectivity index (χ3v) is 3.99. The highest BCUT2D eigenvalue weighted by Gasteiger charge is 2.29. The van der Waals surface area contributed by atoms with Gasteiger partial charge < -0.3 is 5.32 Å². The summed E-state index contributed by atoms with van der Waals surface area (Å²) in [7, 11) is 0. The maximum atomic E-state index is 3.49. The van der Waals surface area contributed by atoms with E-state index in [1.54, 1.807) is 0 Å². The number of nitrogens with two attached hydrogens (primary N) is 1. The van der Waals surface area contributed by atoms with Gasteiger partial charge in [-0.15, -0.1) is 0 Å². The molecule has 0 aromatic heterocycles. The molecule has 2 aliphatic rings. The van der Waals surface area contributed by atoms with Crippen LogP contribution in [0.5, 0.6) is 0 Å². The Labute approximate surface area is 114 Å². The molecule has 0 unspecified atom stereocenters. The summed E-state index contributed by atoms with van der Waals surface area (Å²) in [5.41, 5.74) is 11.0. The topological polar surface area (TPSA) is 40.7 Å². The first-order valence-electron chi connectivity index (χ1n) is 6.98. The van der Waals surface area contributed by atoms with E-state index in [-0.39, 0.29) is 5.41 Å². The van der Waals surface area contributed by atoms with Gasteiger partial charge in [0.1, 0.15) is 6.20 Å². The predicted molar refractivity (Wildman–Crippen MR) is 78.6 cm³/mol. The van der Waals surface area contributed by atoms with Gasteiger partial charge in [0.05, 0.1) is 5.70 Å². The Bertz CT molecular complexity index is 541. The second-order valence-electron chi connectivity index (χ2n) is 6.01. The summed E-state index contributed by atoms with van der Waals surface area (Å²) < 4.78 is 0. The van der Waals surface area contributed by atoms with Crippen LogP contribution < -0.4 is 16.2 Å². The van der Waals surface area contributed by atoms with E-state index in [4.69, 9.17) is 0 Å². The molecule has 4 N–H and O–H groups in total. The zero-order valence-corrected chi connectivity index (χ0v) is 11.7. The fourth-order valence-electron chi connectivity index (χ4n) is 2.74. The number of anilines is 1. The van der Waals surface area contributed by atoms with Crippen molar-refractivity contribution in [3.05, 3.63) is 53.4 Å². The summed E-state index contributed by atoms with van der Waals surface area (Å²) in [5.74, 6) is 0. The number of hydrogen-bond donors (Lipinski definition) is 3. The largest absolute Gasteiger partial charge is 0.384 e. The Morgan fingerprint density at radius 2 is 2.16 bits per heavy atom. The standard InChI is InChI=1S/C16H21N3/c1-16(2)11-17-15-8-6-12(10-14(15)16)5-7-13-4-3-9-18-19-13/h3-4,6,8-10,17-19H,5,7,11H2,1-2H3/p+1. The van der Waals surface area contributed by atoms with Crippen molar-refractivity contribution in [3.63, 3.8) is 0 Å². The van der Waals surface area contributed by atoms with Crippen LogP contribution in [0.25, 0.3) is 0 Å². The smallest absolute Gasteiger partial charge is 0.117 e. The van der Waals surface area contributed by atoms with Crippen molar-refractivity contribution in [2.75, 3.05) is 11.9 Å². The van der Waals surface area contributed by atoms with Gasteiger partial charge in [0, 0.05) is 17.6 Å². The number of quaternary nitrogens is 1. The van der Waals surface area contributed by atoms with E-state index in [9.17, 15) is 0 Å². The minimum atomic E-state index is 0.254. The number of rotatable bonds is 3. The molecule has 1 aromatic rings. The van der Waals surface area contributed by atoms with Crippen LogP contribution in [-0.2, 0) is 11.8 Å². The van der Waals surface area contributed by atoms with Gasteiger partial charge in [0.25, 0.3) is 0 Å². The van der Waals surface area contributed by atoms with E-state index in [2.05, 4.69) is 54.9 Å². The molecule has 0 spiro atoms. The van der Waals surface area contributed by atoms with Gasteiger partial charge in [-0.1, -0.05) is 26.0 Å². The van der Waals surface area contributed by atoms with Crippen LogP contribution in [0.15, 0.2) is 42.2 Å². The average Bonchev–Trinajstić information content (AvgIpc) is 2.73. The molecule has 1 aromatic carbocycles. The first-order valence-corrected chi connectivity index (χ1v) is 6.98. The molecule has 19 heavy (non-hydrogen) atoms. The highest BCUT2D eigenvalue weighted by atomic mass is 15.3. The molecule has 3 rings (SSSR count). The van der Waals surface area contributed by atoms with Gasteiger partial charge >= 0.3 is 0 Å². The predicted octanol–water partition coefficient (Wildman–Crippen LogP) is 1.80. The molecule has 2 aliphatic heterocycles. The highest BCUT2D eigenvalue weighted by Crippen LogP contribution is 2.36. The Hall–Kier alpha value is -1.74. The lowest BCUT2D eigenvalue weighted by Gasteiger charge is -2.18. The van der Waals surface area contributed by atoms with Crippen molar-refractivity contribution < 1.29 is 5.43 Å². The Kier molecular flexibility index (Phi) is 3.07. The molecule has 100 valence electrons. The second-order valence-corrected chi connectivity index (χ2v) is 6.01. The second kappa shape index (κ2) is 4.74. The van der Waals surface area contributed by atoms with Crippen LogP contribution in [0.2, 0.25) is 0 Å². The Morgan fingerprint density at radius 1 is 1.26 bits per heavy atom. The van der Waals surface area contributed by atoms with E-state index in [1.165, 1.54) is 22.5 Å².